The zero-order chi connectivity index (χ0) is 18.5. The zero-order valence-electron chi connectivity index (χ0n) is 15.2. The highest BCUT2D eigenvalue weighted by Crippen LogP contribution is 2.22. The van der Waals surface area contributed by atoms with E-state index in [1.807, 2.05) is 40.9 Å². The van der Waals surface area contributed by atoms with E-state index in [0.717, 1.165) is 30.2 Å². The van der Waals surface area contributed by atoms with E-state index < -0.39 is 0 Å². The molecule has 0 aromatic carbocycles. The number of piperidine rings is 1. The molecule has 0 saturated carbocycles. The molecule has 1 N–H and O–H groups in total. The Morgan fingerprint density at radius 2 is 2.07 bits per heavy atom. The first-order valence-corrected chi connectivity index (χ1v) is 10.6. The lowest BCUT2D eigenvalue weighted by atomic mass is 10.1. The first-order valence-electron chi connectivity index (χ1n) is 9.44. The van der Waals surface area contributed by atoms with Crippen LogP contribution < -0.4 is 10.1 Å². The number of nitrogens with zero attached hydrogens (tertiary/aromatic N) is 3. The van der Waals surface area contributed by atoms with E-state index >= 15 is 0 Å². The minimum absolute atomic E-state index is 0.0466. The standard InChI is InChI=1S/C20H24N4O2S/c25-20(15-3-4-19(22-12-15)23-16-7-11-27-14-16)24-9-5-17(6-10-24)26-18-2-1-8-21-13-18/h1-4,8,12-13,16-17H,5-7,9-11,14H2,(H,22,23)/t16-/m1/s1. The normalized spacial score (nSPS) is 20.4. The predicted octanol–water partition coefficient (Wildman–Crippen LogP) is 3.08. The topological polar surface area (TPSA) is 67.4 Å². The van der Waals surface area contributed by atoms with E-state index in [4.69, 9.17) is 4.74 Å². The highest BCUT2D eigenvalue weighted by Gasteiger charge is 2.25. The molecule has 0 aliphatic carbocycles. The molecule has 2 aromatic rings. The third-order valence-electron chi connectivity index (χ3n) is 4.96. The fraction of sp³-hybridized carbons (Fsp3) is 0.450. The lowest BCUT2D eigenvalue weighted by molar-refractivity contribution is 0.0594. The van der Waals surface area contributed by atoms with Crippen molar-refractivity contribution in [2.75, 3.05) is 29.9 Å². The second kappa shape index (κ2) is 8.61. The number of anilines is 1. The number of carbonyl (C=O) groups excluding carboxylic acids is 1. The number of carbonyl (C=O) groups is 1. The Labute approximate surface area is 163 Å². The van der Waals surface area contributed by atoms with Crippen molar-refractivity contribution in [3.05, 3.63) is 48.4 Å². The van der Waals surface area contributed by atoms with E-state index in [0.29, 0.717) is 24.7 Å². The quantitative estimate of drug-likeness (QED) is 0.855. The molecule has 1 atom stereocenters. The van der Waals surface area contributed by atoms with Crippen molar-refractivity contribution in [2.45, 2.75) is 31.4 Å². The molecule has 4 heterocycles. The molecule has 142 valence electrons. The number of pyridine rings is 2. The second-order valence-corrected chi connectivity index (χ2v) is 8.08. The van der Waals surface area contributed by atoms with Gasteiger partial charge in [0.25, 0.3) is 5.91 Å². The Hall–Kier alpha value is -2.28. The number of aromatic nitrogens is 2. The van der Waals surface area contributed by atoms with Gasteiger partial charge in [0.1, 0.15) is 17.7 Å². The molecule has 4 rings (SSSR count). The fourth-order valence-electron chi connectivity index (χ4n) is 3.43. The monoisotopic (exact) mass is 384 g/mol. The third kappa shape index (κ3) is 4.71. The van der Waals surface area contributed by atoms with Crippen LogP contribution in [0.25, 0.3) is 0 Å². The first kappa shape index (κ1) is 18.1. The number of hydrogen-bond acceptors (Lipinski definition) is 6. The number of hydrogen-bond donors (Lipinski definition) is 1. The largest absolute Gasteiger partial charge is 0.489 e. The van der Waals surface area contributed by atoms with Gasteiger partial charge in [0.05, 0.1) is 11.8 Å². The second-order valence-electron chi connectivity index (χ2n) is 6.94. The van der Waals surface area contributed by atoms with Crippen LogP contribution in [-0.4, -0.2) is 57.5 Å². The summed E-state index contributed by atoms with van der Waals surface area (Å²) in [5.74, 6) is 4.01. The Kier molecular flexibility index (Phi) is 5.77. The maximum Gasteiger partial charge on any atom is 0.255 e. The van der Waals surface area contributed by atoms with Gasteiger partial charge < -0.3 is 15.0 Å². The van der Waals surface area contributed by atoms with Crippen molar-refractivity contribution in [3.8, 4) is 5.75 Å². The molecule has 0 spiro atoms. The Morgan fingerprint density at radius 1 is 1.19 bits per heavy atom. The summed E-state index contributed by atoms with van der Waals surface area (Å²) in [5.41, 5.74) is 0.646. The van der Waals surface area contributed by atoms with Crippen LogP contribution in [0.3, 0.4) is 0 Å². The average molecular weight is 385 g/mol. The highest BCUT2D eigenvalue weighted by atomic mass is 32.2. The van der Waals surface area contributed by atoms with Crippen LogP contribution in [0, 0.1) is 0 Å². The molecule has 2 saturated heterocycles. The van der Waals surface area contributed by atoms with Crippen molar-refractivity contribution in [1.29, 1.82) is 0 Å². The van der Waals surface area contributed by atoms with Crippen molar-refractivity contribution in [1.82, 2.24) is 14.9 Å². The summed E-state index contributed by atoms with van der Waals surface area (Å²) in [6, 6.07) is 8.05. The van der Waals surface area contributed by atoms with Gasteiger partial charge in [-0.2, -0.15) is 11.8 Å². The van der Waals surface area contributed by atoms with Gasteiger partial charge in [-0.25, -0.2) is 4.98 Å². The summed E-state index contributed by atoms with van der Waals surface area (Å²) in [6.07, 6.45) is 8.10. The Bertz CT molecular complexity index is 742. The number of rotatable bonds is 5. The van der Waals surface area contributed by atoms with Gasteiger partial charge in [-0.3, -0.25) is 9.78 Å². The van der Waals surface area contributed by atoms with E-state index in [9.17, 15) is 4.79 Å². The van der Waals surface area contributed by atoms with Gasteiger partial charge in [-0.15, -0.1) is 0 Å². The van der Waals surface area contributed by atoms with Crippen LogP contribution in [-0.2, 0) is 0 Å². The van der Waals surface area contributed by atoms with Crippen molar-refractivity contribution < 1.29 is 9.53 Å². The van der Waals surface area contributed by atoms with Crippen molar-refractivity contribution in [2.24, 2.45) is 0 Å². The molecule has 2 aromatic heterocycles. The van der Waals surface area contributed by atoms with E-state index in [1.54, 1.807) is 18.6 Å². The van der Waals surface area contributed by atoms with Gasteiger partial charge in [-0.05, 0) is 36.4 Å². The summed E-state index contributed by atoms with van der Waals surface area (Å²) >= 11 is 1.96. The zero-order valence-corrected chi connectivity index (χ0v) is 16.0. The van der Waals surface area contributed by atoms with Gasteiger partial charge in [0.15, 0.2) is 0 Å². The lowest BCUT2D eigenvalue weighted by Gasteiger charge is -2.32. The molecule has 6 nitrogen and oxygen atoms in total. The maximum absolute atomic E-state index is 12.7. The third-order valence-corrected chi connectivity index (χ3v) is 6.12. The van der Waals surface area contributed by atoms with Crippen LogP contribution in [0.15, 0.2) is 42.9 Å². The summed E-state index contributed by atoms with van der Waals surface area (Å²) in [6.45, 7) is 1.39. The van der Waals surface area contributed by atoms with E-state index in [1.165, 1.54) is 12.2 Å². The molecular weight excluding hydrogens is 360 g/mol. The number of likely N-dealkylation sites (tertiary alicyclic amines) is 1. The van der Waals surface area contributed by atoms with Gasteiger partial charge in [0, 0.05) is 50.1 Å². The minimum Gasteiger partial charge on any atom is -0.489 e. The molecule has 2 aliphatic heterocycles. The fourth-order valence-corrected chi connectivity index (χ4v) is 4.58. The number of ether oxygens (including phenoxy) is 1. The molecular formula is C20H24N4O2S. The van der Waals surface area contributed by atoms with Crippen LogP contribution in [0.2, 0.25) is 0 Å². The maximum atomic E-state index is 12.7. The number of thioether (sulfide) groups is 1. The Morgan fingerprint density at radius 3 is 2.74 bits per heavy atom. The van der Waals surface area contributed by atoms with Crippen LogP contribution in [0.1, 0.15) is 29.6 Å². The molecule has 7 heteroatoms. The molecule has 0 radical (unpaired) electrons. The molecule has 0 unspecified atom stereocenters. The smallest absolute Gasteiger partial charge is 0.255 e. The van der Waals surface area contributed by atoms with Gasteiger partial charge in [-0.1, -0.05) is 0 Å². The van der Waals surface area contributed by atoms with E-state index in [2.05, 4.69) is 15.3 Å². The SMILES string of the molecule is O=C(c1ccc(N[C@@H]2CCSC2)nc1)N1CCC(Oc2cccnc2)CC1. The molecule has 2 fully saturated rings. The minimum atomic E-state index is 0.0466. The van der Waals surface area contributed by atoms with Crippen LogP contribution in [0.5, 0.6) is 5.75 Å². The van der Waals surface area contributed by atoms with Gasteiger partial charge >= 0.3 is 0 Å². The number of amides is 1. The highest BCUT2D eigenvalue weighted by molar-refractivity contribution is 7.99. The van der Waals surface area contributed by atoms with Gasteiger partial charge in [0.2, 0.25) is 0 Å². The average Bonchev–Trinajstić information content (AvgIpc) is 3.22. The number of nitrogens with one attached hydrogen (secondary N) is 1. The van der Waals surface area contributed by atoms with E-state index in [-0.39, 0.29) is 12.0 Å². The predicted molar refractivity (Wildman–Crippen MR) is 107 cm³/mol. The van der Waals surface area contributed by atoms with Crippen molar-refractivity contribution in [3.63, 3.8) is 0 Å². The molecule has 2 aliphatic rings. The Balaban J connectivity index is 1.28. The molecule has 1 amide bonds. The van der Waals surface area contributed by atoms with Crippen molar-refractivity contribution >= 4 is 23.5 Å². The van der Waals surface area contributed by atoms with Crippen LogP contribution >= 0.6 is 11.8 Å². The summed E-state index contributed by atoms with van der Waals surface area (Å²) in [5, 5.41) is 3.44. The summed E-state index contributed by atoms with van der Waals surface area (Å²) in [7, 11) is 0. The van der Waals surface area contributed by atoms with Crippen LogP contribution in [0.4, 0.5) is 5.82 Å². The summed E-state index contributed by atoms with van der Waals surface area (Å²) < 4.78 is 5.95. The molecule has 0 bridgehead atoms. The lowest BCUT2D eigenvalue weighted by Crippen LogP contribution is -2.41. The molecule has 27 heavy (non-hydrogen) atoms. The summed E-state index contributed by atoms with van der Waals surface area (Å²) in [4.78, 5) is 23.1. The first-order chi connectivity index (χ1) is 13.3.